The maximum Gasteiger partial charge on any atom is 0.140 e. The van der Waals surface area contributed by atoms with Crippen molar-refractivity contribution in [3.63, 3.8) is 0 Å². The minimum Gasteiger partial charge on any atom is -0.353 e. The van der Waals surface area contributed by atoms with E-state index in [4.69, 9.17) is 4.99 Å². The number of fused-ring (bicyclic) bond motifs is 4. The molecule has 1 N–H and O–H groups in total. The van der Waals surface area contributed by atoms with E-state index >= 15 is 0 Å². The SMILES string of the molecule is CN1CCN(C2=Nc3ccc(F)cc3Nc3sc4c(c32)C=CCC4)C[C@@H]1CCc1cccc(F)c1.Cl.Cl. The van der Waals surface area contributed by atoms with E-state index in [-0.39, 0.29) is 36.4 Å². The van der Waals surface area contributed by atoms with Crippen LogP contribution in [0.3, 0.4) is 0 Å². The molecule has 1 aliphatic carbocycles. The number of benzene rings is 2. The number of likely N-dealkylation sites (N-methyl/N-ethyl adjacent to an activating group) is 1. The first-order chi connectivity index (χ1) is 17.0. The third kappa shape index (κ3) is 5.55. The van der Waals surface area contributed by atoms with Gasteiger partial charge in [0, 0.05) is 36.1 Å². The molecule has 9 heteroatoms. The number of allylic oxidation sites excluding steroid dienone is 1. The van der Waals surface area contributed by atoms with Crippen molar-refractivity contribution in [2.75, 3.05) is 32.0 Å². The Bertz CT molecular complexity index is 1340. The summed E-state index contributed by atoms with van der Waals surface area (Å²) in [7, 11) is 2.17. The first-order valence-electron chi connectivity index (χ1n) is 12.2. The molecule has 1 aromatic heterocycles. The van der Waals surface area contributed by atoms with Crippen molar-refractivity contribution in [2.24, 2.45) is 4.99 Å². The van der Waals surface area contributed by atoms with Gasteiger partial charge in [-0.25, -0.2) is 13.8 Å². The zero-order valence-corrected chi connectivity index (χ0v) is 23.0. The first kappa shape index (κ1) is 27.6. The second-order valence-corrected chi connectivity index (χ2v) is 10.7. The van der Waals surface area contributed by atoms with Gasteiger partial charge in [-0.15, -0.1) is 36.2 Å². The van der Waals surface area contributed by atoms with E-state index in [1.165, 1.54) is 28.6 Å². The summed E-state index contributed by atoms with van der Waals surface area (Å²) in [5.74, 6) is 0.514. The Hall–Kier alpha value is -2.45. The number of nitrogens with one attached hydrogen (secondary N) is 1. The van der Waals surface area contributed by atoms with Crippen LogP contribution >= 0.6 is 36.2 Å². The Balaban J connectivity index is 0.00000160. The molecule has 1 fully saturated rings. The minimum atomic E-state index is -0.269. The highest BCUT2D eigenvalue weighted by Gasteiger charge is 2.32. The summed E-state index contributed by atoms with van der Waals surface area (Å²) in [6, 6.07) is 12.0. The summed E-state index contributed by atoms with van der Waals surface area (Å²) in [6.07, 6.45) is 8.29. The number of anilines is 2. The lowest BCUT2D eigenvalue weighted by atomic mass is 9.99. The molecule has 3 heterocycles. The van der Waals surface area contributed by atoms with Crippen LogP contribution in [0.4, 0.5) is 25.2 Å². The average Bonchev–Trinajstić information content (AvgIpc) is 3.13. The second kappa shape index (κ2) is 11.5. The summed E-state index contributed by atoms with van der Waals surface area (Å²) in [4.78, 5) is 11.3. The van der Waals surface area contributed by atoms with Gasteiger partial charge in [0.25, 0.3) is 0 Å². The van der Waals surface area contributed by atoms with Crippen LogP contribution < -0.4 is 5.32 Å². The number of rotatable bonds is 3. The van der Waals surface area contributed by atoms with Gasteiger partial charge in [0.1, 0.15) is 22.5 Å². The van der Waals surface area contributed by atoms with E-state index < -0.39 is 0 Å². The number of piperazine rings is 1. The Kier molecular flexibility index (Phi) is 8.59. The molecule has 2 aliphatic heterocycles. The third-order valence-corrected chi connectivity index (χ3v) is 8.41. The topological polar surface area (TPSA) is 30.9 Å². The highest BCUT2D eigenvalue weighted by molar-refractivity contribution is 7.17. The average molecular weight is 564 g/mol. The van der Waals surface area contributed by atoms with Gasteiger partial charge in [-0.3, -0.25) is 4.90 Å². The van der Waals surface area contributed by atoms with Gasteiger partial charge in [0.2, 0.25) is 0 Å². The third-order valence-electron chi connectivity index (χ3n) is 7.23. The van der Waals surface area contributed by atoms with E-state index in [1.54, 1.807) is 29.5 Å². The number of nitrogens with zero attached hydrogens (tertiary/aromatic N) is 3. The van der Waals surface area contributed by atoms with Crippen molar-refractivity contribution in [3.8, 4) is 0 Å². The van der Waals surface area contributed by atoms with Crippen LogP contribution in [0, 0.1) is 11.6 Å². The summed E-state index contributed by atoms with van der Waals surface area (Å²) < 4.78 is 27.8. The van der Waals surface area contributed by atoms with Crippen molar-refractivity contribution in [1.82, 2.24) is 9.80 Å². The van der Waals surface area contributed by atoms with Crippen LogP contribution in [0.2, 0.25) is 0 Å². The molecule has 0 radical (unpaired) electrons. The molecule has 1 saturated heterocycles. The van der Waals surface area contributed by atoms with Gasteiger partial charge in [0.05, 0.1) is 16.9 Å². The minimum absolute atomic E-state index is 0. The molecular formula is C28H30Cl2F2N4S. The molecule has 0 saturated carbocycles. The van der Waals surface area contributed by atoms with E-state index in [0.717, 1.165) is 73.0 Å². The highest BCUT2D eigenvalue weighted by Crippen LogP contribution is 2.44. The Labute approximate surface area is 232 Å². The van der Waals surface area contributed by atoms with Gasteiger partial charge in [0.15, 0.2) is 0 Å². The number of hydrogen-bond donors (Lipinski definition) is 1. The van der Waals surface area contributed by atoms with Crippen molar-refractivity contribution in [1.29, 1.82) is 0 Å². The lowest BCUT2D eigenvalue weighted by Gasteiger charge is -2.41. The molecule has 0 bridgehead atoms. The smallest absolute Gasteiger partial charge is 0.140 e. The molecular weight excluding hydrogens is 533 g/mol. The standard InChI is InChI=1S/C28H28F2N4S.2ClH/c1-33-13-14-34(17-21(33)11-9-18-5-4-6-19(29)15-18)27-26-22-7-2-3-8-25(22)35-28(26)32-24-16-20(30)10-12-23(24)31-27;;/h2,4-7,10,12,15-16,21,32H,3,8-9,11,13-14,17H2,1H3;2*1H/t21-;;/m0../s1. The van der Waals surface area contributed by atoms with Crippen molar-refractivity contribution >= 4 is 64.4 Å². The largest absolute Gasteiger partial charge is 0.353 e. The van der Waals surface area contributed by atoms with Gasteiger partial charge < -0.3 is 10.2 Å². The van der Waals surface area contributed by atoms with E-state index in [0.29, 0.717) is 11.7 Å². The number of aliphatic imine (C=N–C) groups is 1. The molecule has 0 amide bonds. The van der Waals surface area contributed by atoms with E-state index in [2.05, 4.69) is 34.3 Å². The van der Waals surface area contributed by atoms with Gasteiger partial charge >= 0.3 is 0 Å². The predicted molar refractivity (Wildman–Crippen MR) is 155 cm³/mol. The lowest BCUT2D eigenvalue weighted by Crippen LogP contribution is -2.53. The number of amidine groups is 1. The summed E-state index contributed by atoms with van der Waals surface area (Å²) >= 11 is 1.76. The Morgan fingerprint density at radius 3 is 2.76 bits per heavy atom. The van der Waals surface area contributed by atoms with E-state index in [9.17, 15) is 8.78 Å². The number of halogens is 4. The summed E-state index contributed by atoms with van der Waals surface area (Å²) in [5, 5.41) is 4.54. The maximum absolute atomic E-state index is 14.1. The molecule has 37 heavy (non-hydrogen) atoms. The van der Waals surface area contributed by atoms with Gasteiger partial charge in [-0.05, 0) is 68.6 Å². The predicted octanol–water partition coefficient (Wildman–Crippen LogP) is 7.21. The fraction of sp³-hybridized carbons (Fsp3) is 0.321. The van der Waals surface area contributed by atoms with Crippen LogP contribution in [0.5, 0.6) is 0 Å². The molecule has 0 unspecified atom stereocenters. The number of hydrogen-bond acceptors (Lipinski definition) is 5. The van der Waals surface area contributed by atoms with Crippen LogP contribution in [-0.2, 0) is 12.8 Å². The quantitative estimate of drug-likeness (QED) is 0.365. The molecule has 2 aromatic carbocycles. The zero-order valence-electron chi connectivity index (χ0n) is 20.5. The second-order valence-electron chi connectivity index (χ2n) is 9.56. The summed E-state index contributed by atoms with van der Waals surface area (Å²) in [5.41, 5.74) is 4.87. The molecule has 3 aliphatic rings. The Morgan fingerprint density at radius 2 is 1.92 bits per heavy atom. The van der Waals surface area contributed by atoms with E-state index in [1.807, 2.05) is 6.07 Å². The molecule has 1 atom stereocenters. The monoisotopic (exact) mass is 562 g/mol. The number of aryl methyl sites for hydroxylation is 2. The van der Waals surface area contributed by atoms with Crippen LogP contribution in [0.25, 0.3) is 6.08 Å². The molecule has 0 spiro atoms. The zero-order chi connectivity index (χ0) is 23.9. The Morgan fingerprint density at radius 1 is 1.08 bits per heavy atom. The normalized spacial score (nSPS) is 18.3. The fourth-order valence-electron chi connectivity index (χ4n) is 5.28. The molecule has 196 valence electrons. The number of thiophene rings is 1. The highest BCUT2D eigenvalue weighted by atomic mass is 35.5. The van der Waals surface area contributed by atoms with Crippen molar-refractivity contribution in [2.45, 2.75) is 31.7 Å². The van der Waals surface area contributed by atoms with Crippen molar-refractivity contribution in [3.05, 3.63) is 81.7 Å². The fourth-order valence-corrected chi connectivity index (χ4v) is 6.49. The molecule has 4 nitrogen and oxygen atoms in total. The van der Waals surface area contributed by atoms with Gasteiger partial charge in [-0.2, -0.15) is 0 Å². The van der Waals surface area contributed by atoms with Crippen LogP contribution in [0.15, 0.2) is 53.5 Å². The van der Waals surface area contributed by atoms with Crippen molar-refractivity contribution < 1.29 is 8.78 Å². The molecule has 3 aromatic rings. The molecule has 6 rings (SSSR count). The van der Waals surface area contributed by atoms with Crippen LogP contribution in [-0.4, -0.2) is 48.4 Å². The lowest BCUT2D eigenvalue weighted by molar-refractivity contribution is 0.134. The first-order valence-corrected chi connectivity index (χ1v) is 13.0. The summed E-state index contributed by atoms with van der Waals surface area (Å²) in [6.45, 7) is 2.64. The van der Waals surface area contributed by atoms with Crippen LogP contribution in [0.1, 0.15) is 34.4 Å². The van der Waals surface area contributed by atoms with Gasteiger partial charge in [-0.1, -0.05) is 24.3 Å². The maximum atomic E-state index is 14.1.